The highest BCUT2D eigenvalue weighted by Crippen LogP contribution is 2.21. The van der Waals surface area contributed by atoms with Crippen molar-refractivity contribution < 1.29 is 0 Å². The SMILES string of the molecule is CNC1=Cc2ccccc2CC1. The highest BCUT2D eigenvalue weighted by atomic mass is 14.8. The molecular weight excluding hydrogens is 146 g/mol. The monoisotopic (exact) mass is 159 g/mol. The Labute approximate surface area is 73.1 Å². The maximum Gasteiger partial charge on any atom is 0.0113 e. The van der Waals surface area contributed by atoms with Gasteiger partial charge in [-0.05, 0) is 30.0 Å². The van der Waals surface area contributed by atoms with Gasteiger partial charge in [-0.1, -0.05) is 24.3 Å². The first kappa shape index (κ1) is 7.41. The van der Waals surface area contributed by atoms with E-state index in [0.29, 0.717) is 0 Å². The van der Waals surface area contributed by atoms with E-state index in [1.807, 2.05) is 7.05 Å². The number of allylic oxidation sites excluding steroid dienone is 1. The Kier molecular flexibility index (Phi) is 1.86. The van der Waals surface area contributed by atoms with Gasteiger partial charge in [-0.2, -0.15) is 0 Å². The average molecular weight is 159 g/mol. The van der Waals surface area contributed by atoms with Gasteiger partial charge in [-0.3, -0.25) is 0 Å². The lowest BCUT2D eigenvalue weighted by Gasteiger charge is -2.15. The summed E-state index contributed by atoms with van der Waals surface area (Å²) >= 11 is 0. The van der Waals surface area contributed by atoms with Crippen LogP contribution in [0.5, 0.6) is 0 Å². The molecule has 0 aliphatic heterocycles. The zero-order chi connectivity index (χ0) is 8.39. The van der Waals surface area contributed by atoms with Gasteiger partial charge in [0.15, 0.2) is 0 Å². The summed E-state index contributed by atoms with van der Waals surface area (Å²) in [5.74, 6) is 0. The van der Waals surface area contributed by atoms with Crippen LogP contribution in [0.1, 0.15) is 17.5 Å². The fourth-order valence-electron chi connectivity index (χ4n) is 1.63. The van der Waals surface area contributed by atoms with Crippen molar-refractivity contribution in [2.75, 3.05) is 7.05 Å². The van der Waals surface area contributed by atoms with E-state index < -0.39 is 0 Å². The van der Waals surface area contributed by atoms with Gasteiger partial charge in [0.25, 0.3) is 0 Å². The number of nitrogens with one attached hydrogen (secondary N) is 1. The number of hydrogen-bond acceptors (Lipinski definition) is 1. The van der Waals surface area contributed by atoms with Gasteiger partial charge in [-0.15, -0.1) is 0 Å². The first-order chi connectivity index (χ1) is 5.90. The summed E-state index contributed by atoms with van der Waals surface area (Å²) in [6.07, 6.45) is 4.55. The molecule has 0 radical (unpaired) electrons. The van der Waals surface area contributed by atoms with Crippen LogP contribution in [0.15, 0.2) is 30.0 Å². The summed E-state index contributed by atoms with van der Waals surface area (Å²) in [6.45, 7) is 0. The zero-order valence-corrected chi connectivity index (χ0v) is 7.30. The molecule has 1 aromatic carbocycles. The molecule has 0 heterocycles. The predicted octanol–water partition coefficient (Wildman–Crippen LogP) is 2.19. The lowest BCUT2D eigenvalue weighted by molar-refractivity contribution is 0.830. The largest absolute Gasteiger partial charge is 0.391 e. The van der Waals surface area contributed by atoms with E-state index in [1.54, 1.807) is 0 Å². The third-order valence-electron chi connectivity index (χ3n) is 2.37. The zero-order valence-electron chi connectivity index (χ0n) is 7.30. The first-order valence-corrected chi connectivity index (χ1v) is 4.36. The molecule has 0 bridgehead atoms. The van der Waals surface area contributed by atoms with Crippen LogP contribution >= 0.6 is 0 Å². The summed E-state index contributed by atoms with van der Waals surface area (Å²) in [4.78, 5) is 0. The summed E-state index contributed by atoms with van der Waals surface area (Å²) in [7, 11) is 1.99. The second-order valence-corrected chi connectivity index (χ2v) is 3.12. The Morgan fingerprint density at radius 1 is 1.17 bits per heavy atom. The molecule has 0 atom stereocenters. The molecule has 2 rings (SSSR count). The van der Waals surface area contributed by atoms with Gasteiger partial charge in [0.1, 0.15) is 0 Å². The van der Waals surface area contributed by atoms with E-state index in [0.717, 1.165) is 6.42 Å². The van der Waals surface area contributed by atoms with E-state index >= 15 is 0 Å². The van der Waals surface area contributed by atoms with Gasteiger partial charge in [-0.25, -0.2) is 0 Å². The van der Waals surface area contributed by atoms with E-state index in [1.165, 1.54) is 23.2 Å². The third-order valence-corrected chi connectivity index (χ3v) is 2.37. The van der Waals surface area contributed by atoms with E-state index in [-0.39, 0.29) is 0 Å². The molecule has 0 aromatic heterocycles. The Bertz CT molecular complexity index is 313. The molecule has 1 aromatic rings. The van der Waals surface area contributed by atoms with Crippen molar-refractivity contribution in [1.29, 1.82) is 0 Å². The molecule has 0 saturated carbocycles. The van der Waals surface area contributed by atoms with Gasteiger partial charge in [0, 0.05) is 12.7 Å². The first-order valence-electron chi connectivity index (χ1n) is 4.36. The standard InChI is InChI=1S/C11H13N/c1-12-11-7-6-9-4-2-3-5-10(9)8-11/h2-5,8,12H,6-7H2,1H3. The molecule has 1 heteroatoms. The van der Waals surface area contributed by atoms with Crippen LogP contribution in [0.3, 0.4) is 0 Å². The number of benzene rings is 1. The van der Waals surface area contributed by atoms with Crippen LogP contribution in [-0.2, 0) is 6.42 Å². The minimum absolute atomic E-state index is 1.15. The molecule has 1 aliphatic rings. The summed E-state index contributed by atoms with van der Waals surface area (Å²) in [5, 5.41) is 3.21. The van der Waals surface area contributed by atoms with Crippen molar-refractivity contribution >= 4 is 6.08 Å². The maximum atomic E-state index is 3.21. The van der Waals surface area contributed by atoms with Gasteiger partial charge in [0.05, 0.1) is 0 Å². The second-order valence-electron chi connectivity index (χ2n) is 3.12. The van der Waals surface area contributed by atoms with Crippen molar-refractivity contribution in [3.63, 3.8) is 0 Å². The summed E-state index contributed by atoms with van der Waals surface area (Å²) in [5.41, 5.74) is 4.18. The highest BCUT2D eigenvalue weighted by molar-refractivity contribution is 5.58. The van der Waals surface area contributed by atoms with Crippen LogP contribution in [0.2, 0.25) is 0 Å². The Morgan fingerprint density at radius 2 is 2.00 bits per heavy atom. The van der Waals surface area contributed by atoms with E-state index in [4.69, 9.17) is 0 Å². The second kappa shape index (κ2) is 3.02. The fourth-order valence-corrected chi connectivity index (χ4v) is 1.63. The molecular formula is C11H13N. The molecule has 0 unspecified atom stereocenters. The van der Waals surface area contributed by atoms with Gasteiger partial charge < -0.3 is 5.32 Å². The molecule has 62 valence electrons. The van der Waals surface area contributed by atoms with Crippen LogP contribution in [-0.4, -0.2) is 7.05 Å². The predicted molar refractivity (Wildman–Crippen MR) is 51.8 cm³/mol. The average Bonchev–Trinajstić information content (AvgIpc) is 2.17. The van der Waals surface area contributed by atoms with Crippen molar-refractivity contribution in [2.24, 2.45) is 0 Å². The van der Waals surface area contributed by atoms with Crippen LogP contribution in [0.4, 0.5) is 0 Å². The lowest BCUT2D eigenvalue weighted by Crippen LogP contribution is -2.10. The van der Waals surface area contributed by atoms with E-state index in [2.05, 4.69) is 35.7 Å². The number of fused-ring (bicyclic) bond motifs is 1. The van der Waals surface area contributed by atoms with Crippen molar-refractivity contribution in [2.45, 2.75) is 12.8 Å². The lowest BCUT2D eigenvalue weighted by atomic mass is 9.96. The van der Waals surface area contributed by atoms with Gasteiger partial charge >= 0.3 is 0 Å². The smallest absolute Gasteiger partial charge is 0.0113 e. The maximum absolute atomic E-state index is 3.21. The third kappa shape index (κ3) is 1.22. The molecule has 0 saturated heterocycles. The Morgan fingerprint density at radius 3 is 2.83 bits per heavy atom. The van der Waals surface area contributed by atoms with E-state index in [9.17, 15) is 0 Å². The highest BCUT2D eigenvalue weighted by Gasteiger charge is 2.07. The number of aryl methyl sites for hydroxylation is 1. The van der Waals surface area contributed by atoms with Crippen LogP contribution in [0.25, 0.3) is 6.08 Å². The summed E-state index contributed by atoms with van der Waals surface area (Å²) < 4.78 is 0. The topological polar surface area (TPSA) is 12.0 Å². The van der Waals surface area contributed by atoms with Crippen molar-refractivity contribution in [3.05, 3.63) is 41.1 Å². The van der Waals surface area contributed by atoms with Gasteiger partial charge in [0.2, 0.25) is 0 Å². The Hall–Kier alpha value is -1.24. The minimum Gasteiger partial charge on any atom is -0.391 e. The molecule has 0 amide bonds. The normalized spacial score (nSPS) is 14.9. The minimum atomic E-state index is 1.15. The molecule has 1 N–H and O–H groups in total. The molecule has 12 heavy (non-hydrogen) atoms. The fraction of sp³-hybridized carbons (Fsp3) is 0.273. The number of hydrogen-bond donors (Lipinski definition) is 1. The molecule has 0 spiro atoms. The van der Waals surface area contributed by atoms with Crippen molar-refractivity contribution in [3.8, 4) is 0 Å². The molecule has 0 fully saturated rings. The quantitative estimate of drug-likeness (QED) is 0.662. The Balaban J connectivity index is 2.41. The number of rotatable bonds is 1. The van der Waals surface area contributed by atoms with Crippen molar-refractivity contribution in [1.82, 2.24) is 5.32 Å². The van der Waals surface area contributed by atoms with Crippen LogP contribution in [0, 0.1) is 0 Å². The van der Waals surface area contributed by atoms with Crippen LogP contribution < -0.4 is 5.32 Å². The molecule has 1 aliphatic carbocycles. The molecule has 1 nitrogen and oxygen atoms in total. The summed E-state index contributed by atoms with van der Waals surface area (Å²) in [6, 6.07) is 8.58.